The molecule has 0 bridgehead atoms. The van der Waals surface area contributed by atoms with Gasteiger partial charge in [0.2, 0.25) is 0 Å². The van der Waals surface area contributed by atoms with Crippen molar-refractivity contribution in [2.45, 2.75) is 89.4 Å². The molecular formula is C19H31KO3S. The summed E-state index contributed by atoms with van der Waals surface area (Å²) in [5, 5.41) is 0. The second-order valence-electron chi connectivity index (χ2n) is 6.44. The monoisotopic (exact) mass is 378 g/mol. The van der Waals surface area contributed by atoms with Gasteiger partial charge in [-0.25, -0.2) is 8.42 Å². The smallest absolute Gasteiger partial charge is 0.744 e. The summed E-state index contributed by atoms with van der Waals surface area (Å²) >= 11 is 0. The molecule has 0 fully saturated rings. The van der Waals surface area contributed by atoms with Crippen molar-refractivity contribution in [3.8, 4) is 0 Å². The molecule has 0 aliphatic rings. The largest absolute Gasteiger partial charge is 1.00 e. The zero-order valence-corrected chi connectivity index (χ0v) is 19.6. The summed E-state index contributed by atoms with van der Waals surface area (Å²) in [6, 6.07) is 4.95. The third-order valence-corrected chi connectivity index (χ3v) is 5.34. The van der Waals surface area contributed by atoms with Crippen LogP contribution in [-0.4, -0.2) is 13.0 Å². The average Bonchev–Trinajstić information content (AvgIpc) is 2.49. The van der Waals surface area contributed by atoms with E-state index in [1.54, 1.807) is 6.07 Å². The average molecular weight is 379 g/mol. The molecule has 0 aromatic heterocycles. The Morgan fingerprint density at radius 1 is 0.875 bits per heavy atom. The van der Waals surface area contributed by atoms with Crippen LogP contribution < -0.4 is 51.4 Å². The van der Waals surface area contributed by atoms with Gasteiger partial charge < -0.3 is 4.55 Å². The number of hydrogen-bond donors (Lipinski definition) is 0. The number of benzene rings is 1. The van der Waals surface area contributed by atoms with E-state index in [1.807, 2.05) is 13.0 Å². The van der Waals surface area contributed by atoms with Gasteiger partial charge in [0.25, 0.3) is 0 Å². The first kappa shape index (κ1) is 24.8. The molecule has 1 aromatic rings. The van der Waals surface area contributed by atoms with Crippen LogP contribution in [0.1, 0.15) is 82.3 Å². The van der Waals surface area contributed by atoms with Crippen molar-refractivity contribution in [1.82, 2.24) is 0 Å². The minimum atomic E-state index is -4.37. The van der Waals surface area contributed by atoms with E-state index in [2.05, 4.69) is 6.92 Å². The first-order chi connectivity index (χ1) is 11.0. The molecule has 24 heavy (non-hydrogen) atoms. The van der Waals surface area contributed by atoms with E-state index in [9.17, 15) is 13.0 Å². The summed E-state index contributed by atoms with van der Waals surface area (Å²) in [4.78, 5) is -0.0339. The molecule has 1 aromatic carbocycles. The third kappa shape index (κ3) is 10.0. The molecule has 0 radical (unpaired) electrons. The van der Waals surface area contributed by atoms with E-state index in [-0.39, 0.29) is 56.3 Å². The minimum Gasteiger partial charge on any atom is -0.744 e. The molecule has 0 amide bonds. The standard InChI is InChI=1S/C19H32O3S.K/c1-3-4-5-6-7-8-9-10-11-12-15-18-17(2)14-13-16-19(18)23(20,21)22;/h13-14,16H,3-12,15H2,1-2H3,(H,20,21,22);/q;+1/p-1. The summed E-state index contributed by atoms with van der Waals surface area (Å²) in [5.41, 5.74) is 1.61. The molecule has 0 aliphatic heterocycles. The van der Waals surface area contributed by atoms with Gasteiger partial charge in [-0.15, -0.1) is 0 Å². The summed E-state index contributed by atoms with van der Waals surface area (Å²) in [5.74, 6) is 0. The van der Waals surface area contributed by atoms with Crippen LogP contribution in [0.3, 0.4) is 0 Å². The van der Waals surface area contributed by atoms with Crippen LogP contribution in [0, 0.1) is 6.92 Å². The molecule has 0 aliphatic carbocycles. The molecule has 0 spiro atoms. The van der Waals surface area contributed by atoms with Crippen molar-refractivity contribution in [1.29, 1.82) is 0 Å². The Hall–Kier alpha value is 0.766. The molecular weight excluding hydrogens is 347 g/mol. The maximum absolute atomic E-state index is 11.3. The van der Waals surface area contributed by atoms with Crippen LogP contribution >= 0.6 is 0 Å². The van der Waals surface area contributed by atoms with Crippen LogP contribution in [0.15, 0.2) is 23.1 Å². The summed E-state index contributed by atoms with van der Waals surface area (Å²) in [6.07, 6.45) is 13.2. The molecule has 3 nitrogen and oxygen atoms in total. The zero-order valence-electron chi connectivity index (χ0n) is 15.6. The zero-order chi connectivity index (χ0) is 17.1. The van der Waals surface area contributed by atoms with Crippen molar-refractivity contribution in [3.05, 3.63) is 29.3 Å². The molecule has 132 valence electrons. The van der Waals surface area contributed by atoms with Crippen molar-refractivity contribution >= 4 is 10.1 Å². The number of rotatable bonds is 12. The van der Waals surface area contributed by atoms with Crippen molar-refractivity contribution in [3.63, 3.8) is 0 Å². The van der Waals surface area contributed by atoms with Gasteiger partial charge in [-0.2, -0.15) is 0 Å². The van der Waals surface area contributed by atoms with Gasteiger partial charge in [0.1, 0.15) is 10.1 Å². The SMILES string of the molecule is CCCCCCCCCCCCc1c(C)cccc1S(=O)(=O)[O-].[K+]. The Bertz CT molecular complexity index is 556. The number of aryl methyl sites for hydroxylation is 1. The van der Waals surface area contributed by atoms with Crippen LogP contribution in [0.2, 0.25) is 0 Å². The van der Waals surface area contributed by atoms with E-state index in [1.165, 1.54) is 57.4 Å². The molecule has 1 rings (SSSR count). The van der Waals surface area contributed by atoms with E-state index in [0.717, 1.165) is 18.4 Å². The topological polar surface area (TPSA) is 57.2 Å². The Balaban J connectivity index is 0.00000529. The Labute approximate surface area is 191 Å². The first-order valence-corrected chi connectivity index (χ1v) is 10.4. The van der Waals surface area contributed by atoms with Crippen molar-refractivity contribution < 1.29 is 64.4 Å². The fraction of sp³-hybridized carbons (Fsp3) is 0.684. The van der Waals surface area contributed by atoms with E-state index in [4.69, 9.17) is 0 Å². The maximum Gasteiger partial charge on any atom is 1.00 e. The quantitative estimate of drug-likeness (QED) is 0.319. The summed E-state index contributed by atoms with van der Waals surface area (Å²) < 4.78 is 34.0. The van der Waals surface area contributed by atoms with Gasteiger partial charge in [-0.1, -0.05) is 76.8 Å². The molecule has 0 saturated carbocycles. The summed E-state index contributed by atoms with van der Waals surface area (Å²) in [6.45, 7) is 4.11. The third-order valence-electron chi connectivity index (χ3n) is 4.42. The summed E-state index contributed by atoms with van der Waals surface area (Å²) in [7, 11) is -4.37. The first-order valence-electron chi connectivity index (χ1n) is 9.01. The fourth-order valence-corrected chi connectivity index (χ4v) is 3.83. The predicted molar refractivity (Wildman–Crippen MR) is 94.7 cm³/mol. The van der Waals surface area contributed by atoms with E-state index >= 15 is 0 Å². The Morgan fingerprint density at radius 2 is 1.38 bits per heavy atom. The molecule has 5 heteroatoms. The van der Waals surface area contributed by atoms with Crippen LogP contribution in [-0.2, 0) is 16.5 Å². The molecule has 0 N–H and O–H groups in total. The van der Waals surface area contributed by atoms with E-state index in [0.29, 0.717) is 12.0 Å². The van der Waals surface area contributed by atoms with Crippen molar-refractivity contribution in [2.24, 2.45) is 0 Å². The molecule has 0 heterocycles. The number of unbranched alkanes of at least 4 members (excludes halogenated alkanes) is 9. The molecule has 0 saturated heterocycles. The Kier molecular flexibility index (Phi) is 14.3. The van der Waals surface area contributed by atoms with Crippen molar-refractivity contribution in [2.75, 3.05) is 0 Å². The van der Waals surface area contributed by atoms with Gasteiger partial charge >= 0.3 is 51.4 Å². The van der Waals surface area contributed by atoms with Crippen LogP contribution in [0.4, 0.5) is 0 Å². The van der Waals surface area contributed by atoms with Gasteiger partial charge in [0.05, 0.1) is 4.90 Å². The normalized spacial score (nSPS) is 11.3. The van der Waals surface area contributed by atoms with Gasteiger partial charge in [-0.05, 0) is 37.0 Å². The van der Waals surface area contributed by atoms with Gasteiger partial charge in [-0.3, -0.25) is 0 Å². The van der Waals surface area contributed by atoms with E-state index < -0.39 is 10.1 Å². The van der Waals surface area contributed by atoms with Crippen LogP contribution in [0.5, 0.6) is 0 Å². The van der Waals surface area contributed by atoms with Crippen LogP contribution in [0.25, 0.3) is 0 Å². The maximum atomic E-state index is 11.3. The Morgan fingerprint density at radius 3 is 1.88 bits per heavy atom. The fourth-order valence-electron chi connectivity index (χ4n) is 3.02. The van der Waals surface area contributed by atoms with Gasteiger partial charge in [0.15, 0.2) is 0 Å². The minimum absolute atomic E-state index is 0. The molecule has 0 atom stereocenters. The predicted octanol–water partition coefficient (Wildman–Crippen LogP) is 2.37. The number of hydrogen-bond acceptors (Lipinski definition) is 3. The second kappa shape index (κ2) is 13.9. The molecule has 0 unspecified atom stereocenters. The van der Waals surface area contributed by atoms with Gasteiger partial charge in [0, 0.05) is 0 Å². The second-order valence-corrected chi connectivity index (χ2v) is 7.79.